The largest absolute Gasteiger partial charge is 0.429 e. The van der Waals surface area contributed by atoms with E-state index in [2.05, 4.69) is 0 Å². The van der Waals surface area contributed by atoms with Gasteiger partial charge in [-0.2, -0.15) is 13.2 Å². The molecule has 0 amide bonds. The van der Waals surface area contributed by atoms with Crippen molar-refractivity contribution in [1.82, 2.24) is 0 Å². The Morgan fingerprint density at radius 3 is 1.84 bits per heavy atom. The third-order valence-electron chi connectivity index (χ3n) is 7.49. The fraction of sp³-hybridized carbons (Fsp3) is 0.379. The summed E-state index contributed by atoms with van der Waals surface area (Å²) >= 11 is 0. The van der Waals surface area contributed by atoms with E-state index in [1.165, 1.54) is 36.4 Å². The molecule has 5 rings (SSSR count). The van der Waals surface area contributed by atoms with Crippen molar-refractivity contribution < 1.29 is 35.8 Å². The van der Waals surface area contributed by atoms with E-state index in [1.807, 2.05) is 6.92 Å². The number of hydrogen-bond acceptors (Lipinski definition) is 2. The number of hydrogen-bond donors (Lipinski definition) is 0. The van der Waals surface area contributed by atoms with Gasteiger partial charge in [-0.05, 0) is 54.9 Å². The van der Waals surface area contributed by atoms with Crippen molar-refractivity contribution in [2.75, 3.05) is 6.61 Å². The van der Waals surface area contributed by atoms with Crippen molar-refractivity contribution in [2.45, 2.75) is 51.2 Å². The molecule has 1 atom stereocenters. The summed E-state index contributed by atoms with van der Waals surface area (Å²) in [5, 5.41) is 0. The maximum Gasteiger partial charge on any atom is 0.400 e. The monoisotopic (exact) mass is 520 g/mol. The lowest BCUT2D eigenvalue weighted by Crippen LogP contribution is -2.37. The van der Waals surface area contributed by atoms with Gasteiger partial charge in [-0.15, -0.1) is 0 Å². The number of rotatable bonds is 7. The van der Waals surface area contributed by atoms with Gasteiger partial charge >= 0.3 is 6.11 Å². The Morgan fingerprint density at radius 2 is 1.30 bits per heavy atom. The molecule has 1 heterocycles. The molecule has 0 aromatic heterocycles. The molecule has 0 spiro atoms. The van der Waals surface area contributed by atoms with Crippen LogP contribution in [0.1, 0.15) is 50.7 Å². The van der Waals surface area contributed by atoms with Crippen LogP contribution < -0.4 is 4.74 Å². The van der Waals surface area contributed by atoms with E-state index in [0.29, 0.717) is 30.9 Å². The number of alkyl halides is 2. The summed E-state index contributed by atoms with van der Waals surface area (Å²) in [7, 11) is 0. The predicted molar refractivity (Wildman–Crippen MR) is 127 cm³/mol. The molecular formula is C29H26F6O2. The van der Waals surface area contributed by atoms with Gasteiger partial charge in [0.05, 0.1) is 12.5 Å². The van der Waals surface area contributed by atoms with E-state index >= 15 is 0 Å². The molecule has 1 aliphatic carbocycles. The smallest absolute Gasteiger partial charge is 0.400 e. The Kier molecular flexibility index (Phi) is 6.96. The van der Waals surface area contributed by atoms with Crippen molar-refractivity contribution in [1.29, 1.82) is 0 Å². The SMILES string of the molecule is CCC1CCC(C(F)(F)Oc2ccc(-c3ccc(-c4ccc(C5CO5)c(F)c4F)cc3)c(F)c2F)CC1. The van der Waals surface area contributed by atoms with Crippen LogP contribution in [-0.2, 0) is 4.74 Å². The Bertz CT molecular complexity index is 1280. The van der Waals surface area contributed by atoms with Crippen LogP contribution in [0.4, 0.5) is 26.3 Å². The average Bonchev–Trinajstić information content (AvgIpc) is 3.74. The Labute approximate surface area is 211 Å². The number of benzene rings is 3. The Hall–Kier alpha value is -3.00. The first-order valence-corrected chi connectivity index (χ1v) is 12.4. The number of ether oxygens (including phenoxy) is 2. The predicted octanol–water partition coefficient (Wildman–Crippen LogP) is 8.84. The molecule has 8 heteroatoms. The molecule has 0 radical (unpaired) electrons. The summed E-state index contributed by atoms with van der Waals surface area (Å²) in [5.41, 5.74) is 0.564. The molecule has 2 aliphatic rings. The maximum atomic E-state index is 14.9. The van der Waals surface area contributed by atoms with Crippen molar-refractivity contribution in [3.05, 3.63) is 77.4 Å². The molecule has 196 valence electrons. The van der Waals surface area contributed by atoms with E-state index in [0.717, 1.165) is 18.6 Å². The second-order valence-corrected chi connectivity index (χ2v) is 9.76. The van der Waals surface area contributed by atoms with Gasteiger partial charge in [-0.3, -0.25) is 0 Å². The lowest BCUT2D eigenvalue weighted by Gasteiger charge is -2.33. The van der Waals surface area contributed by atoms with Crippen LogP contribution in [0, 0.1) is 35.1 Å². The lowest BCUT2D eigenvalue weighted by molar-refractivity contribution is -0.224. The summed E-state index contributed by atoms with van der Waals surface area (Å²) in [4.78, 5) is 0. The first-order chi connectivity index (χ1) is 17.7. The standard InChI is InChI=1S/C29H26F6O2/c1-2-16-3-9-19(10-4-16)29(34,35)37-23-14-13-21(26(31)28(23)33)18-7-5-17(6-8-18)20-11-12-22(24-15-36-24)27(32)25(20)30/h5-8,11-14,16,19,24H,2-4,9-10,15H2,1H3. The number of halogens is 6. The minimum atomic E-state index is -3.62. The molecule has 3 aromatic rings. The van der Waals surface area contributed by atoms with Crippen LogP contribution in [0.3, 0.4) is 0 Å². The van der Waals surface area contributed by atoms with E-state index in [9.17, 15) is 26.3 Å². The summed E-state index contributed by atoms with van der Waals surface area (Å²) in [6.45, 7) is 2.36. The van der Waals surface area contributed by atoms with Gasteiger partial charge in [0.25, 0.3) is 0 Å². The average molecular weight is 521 g/mol. The van der Waals surface area contributed by atoms with Crippen LogP contribution >= 0.6 is 0 Å². The highest BCUT2D eigenvalue weighted by Crippen LogP contribution is 2.42. The van der Waals surface area contributed by atoms with Crippen LogP contribution in [-0.4, -0.2) is 12.7 Å². The Balaban J connectivity index is 1.34. The summed E-state index contributed by atoms with van der Waals surface area (Å²) in [6, 6.07) is 10.8. The Morgan fingerprint density at radius 1 is 0.757 bits per heavy atom. The molecule has 1 aliphatic heterocycles. The third-order valence-corrected chi connectivity index (χ3v) is 7.49. The van der Waals surface area contributed by atoms with Gasteiger partial charge in [0.15, 0.2) is 23.2 Å². The van der Waals surface area contributed by atoms with Crippen molar-refractivity contribution in [2.24, 2.45) is 11.8 Å². The van der Waals surface area contributed by atoms with Crippen LogP contribution in [0.25, 0.3) is 22.3 Å². The van der Waals surface area contributed by atoms with Crippen molar-refractivity contribution in [3.8, 4) is 28.0 Å². The molecule has 2 nitrogen and oxygen atoms in total. The second-order valence-electron chi connectivity index (χ2n) is 9.76. The van der Waals surface area contributed by atoms with Gasteiger partial charge in [0.1, 0.15) is 6.10 Å². The molecule has 0 N–H and O–H groups in total. The molecule has 2 fully saturated rings. The van der Waals surface area contributed by atoms with E-state index in [4.69, 9.17) is 9.47 Å². The fourth-order valence-electron chi connectivity index (χ4n) is 5.06. The first kappa shape index (κ1) is 25.6. The van der Waals surface area contributed by atoms with Gasteiger partial charge in [0.2, 0.25) is 5.82 Å². The van der Waals surface area contributed by atoms with Crippen molar-refractivity contribution in [3.63, 3.8) is 0 Å². The van der Waals surface area contributed by atoms with Crippen molar-refractivity contribution >= 4 is 0 Å². The molecular weight excluding hydrogens is 494 g/mol. The van der Waals surface area contributed by atoms with E-state index in [-0.39, 0.29) is 35.1 Å². The zero-order valence-corrected chi connectivity index (χ0v) is 20.2. The first-order valence-electron chi connectivity index (χ1n) is 12.4. The highest BCUT2D eigenvalue weighted by atomic mass is 19.3. The van der Waals surface area contributed by atoms with Crippen LogP contribution in [0.5, 0.6) is 5.75 Å². The third kappa shape index (κ3) is 5.08. The zero-order chi connectivity index (χ0) is 26.3. The van der Waals surface area contributed by atoms with Crippen LogP contribution in [0.2, 0.25) is 0 Å². The topological polar surface area (TPSA) is 21.8 Å². The number of epoxide rings is 1. The van der Waals surface area contributed by atoms with Gasteiger partial charge in [0, 0.05) is 16.7 Å². The second kappa shape index (κ2) is 10.0. The fourth-order valence-corrected chi connectivity index (χ4v) is 5.06. The van der Waals surface area contributed by atoms with Gasteiger partial charge < -0.3 is 9.47 Å². The summed E-state index contributed by atoms with van der Waals surface area (Å²) < 4.78 is 97.8. The van der Waals surface area contributed by atoms with Crippen LogP contribution in [0.15, 0.2) is 48.5 Å². The summed E-state index contributed by atoms with van der Waals surface area (Å²) in [5.74, 6) is -6.35. The van der Waals surface area contributed by atoms with Gasteiger partial charge in [-0.25, -0.2) is 13.2 Å². The quantitative estimate of drug-likeness (QED) is 0.229. The molecule has 1 unspecified atom stereocenters. The molecule has 1 saturated heterocycles. The zero-order valence-electron chi connectivity index (χ0n) is 20.2. The molecule has 0 bridgehead atoms. The molecule has 37 heavy (non-hydrogen) atoms. The summed E-state index contributed by atoms with van der Waals surface area (Å²) in [6.07, 6.45) is -1.29. The highest BCUT2D eigenvalue weighted by molar-refractivity contribution is 5.72. The van der Waals surface area contributed by atoms with E-state index < -0.39 is 47.1 Å². The maximum absolute atomic E-state index is 14.9. The molecule has 1 saturated carbocycles. The minimum Gasteiger partial charge on any atom is -0.429 e. The van der Waals surface area contributed by atoms with E-state index in [1.54, 1.807) is 0 Å². The molecule has 3 aromatic carbocycles. The van der Waals surface area contributed by atoms with Gasteiger partial charge in [-0.1, -0.05) is 49.7 Å². The normalized spacial score (nSPS) is 21.6. The minimum absolute atomic E-state index is 0.0130. The highest BCUT2D eigenvalue weighted by Gasteiger charge is 2.44. The lowest BCUT2D eigenvalue weighted by atomic mass is 9.80.